The van der Waals surface area contributed by atoms with Gasteiger partial charge in [-0.05, 0) is 29.8 Å². The van der Waals surface area contributed by atoms with Gasteiger partial charge in [0.1, 0.15) is 11.4 Å². The number of hydrogen-bond acceptors (Lipinski definition) is 3. The summed E-state index contributed by atoms with van der Waals surface area (Å²) in [5.41, 5.74) is 2.00. The predicted molar refractivity (Wildman–Crippen MR) is 87.8 cm³/mol. The summed E-state index contributed by atoms with van der Waals surface area (Å²) in [4.78, 5) is 16.4. The minimum Gasteiger partial charge on any atom is -0.435 e. The van der Waals surface area contributed by atoms with Crippen LogP contribution in [0.1, 0.15) is 16.1 Å². The second-order valence-electron chi connectivity index (χ2n) is 5.19. The van der Waals surface area contributed by atoms with Gasteiger partial charge in [-0.25, -0.2) is 4.98 Å². The quantitative estimate of drug-likeness (QED) is 0.746. The number of nitrogens with zero attached hydrogens (tertiary/aromatic N) is 2. The number of alkyl halides is 2. The van der Waals surface area contributed by atoms with Crippen LogP contribution < -0.4 is 10.1 Å². The highest BCUT2D eigenvalue weighted by Gasteiger charge is 2.12. The summed E-state index contributed by atoms with van der Waals surface area (Å²) >= 11 is 0. The van der Waals surface area contributed by atoms with Crippen LogP contribution in [0.15, 0.2) is 67.1 Å². The number of imidazole rings is 1. The first kappa shape index (κ1) is 16.6. The molecule has 1 amide bonds. The van der Waals surface area contributed by atoms with E-state index in [1.54, 1.807) is 23.0 Å². The molecule has 1 N–H and O–H groups in total. The van der Waals surface area contributed by atoms with Gasteiger partial charge in [-0.3, -0.25) is 9.36 Å². The maximum atomic E-state index is 12.4. The summed E-state index contributed by atoms with van der Waals surface area (Å²) in [6, 6.07) is 15.5. The van der Waals surface area contributed by atoms with Gasteiger partial charge < -0.3 is 10.1 Å². The Morgan fingerprint density at radius 3 is 2.52 bits per heavy atom. The standard InChI is InChI=1S/C18H15F2N3O2/c19-18(20)25-15-8-6-13(7-9-15)10-22-17(24)16-11-21-12-23(16)14-4-2-1-3-5-14/h1-9,11-12,18H,10H2,(H,22,24). The zero-order valence-corrected chi connectivity index (χ0v) is 13.1. The maximum absolute atomic E-state index is 12.4. The van der Waals surface area contributed by atoms with E-state index in [2.05, 4.69) is 15.0 Å². The number of rotatable bonds is 6. The van der Waals surface area contributed by atoms with Gasteiger partial charge in [-0.15, -0.1) is 0 Å². The molecular formula is C18H15F2N3O2. The van der Waals surface area contributed by atoms with Crippen molar-refractivity contribution in [2.75, 3.05) is 0 Å². The Morgan fingerprint density at radius 1 is 1.12 bits per heavy atom. The van der Waals surface area contributed by atoms with E-state index in [9.17, 15) is 13.6 Å². The minimum atomic E-state index is -2.86. The highest BCUT2D eigenvalue weighted by molar-refractivity contribution is 5.92. The fourth-order valence-electron chi connectivity index (χ4n) is 2.32. The van der Waals surface area contributed by atoms with E-state index in [1.165, 1.54) is 18.3 Å². The highest BCUT2D eigenvalue weighted by Crippen LogP contribution is 2.15. The molecule has 25 heavy (non-hydrogen) atoms. The van der Waals surface area contributed by atoms with Gasteiger partial charge in [0.05, 0.1) is 12.5 Å². The lowest BCUT2D eigenvalue weighted by Gasteiger charge is -2.09. The first-order chi connectivity index (χ1) is 12.1. The lowest BCUT2D eigenvalue weighted by molar-refractivity contribution is -0.0498. The van der Waals surface area contributed by atoms with E-state index in [4.69, 9.17) is 0 Å². The van der Waals surface area contributed by atoms with Crippen LogP contribution in [-0.4, -0.2) is 22.1 Å². The van der Waals surface area contributed by atoms with Crippen molar-refractivity contribution in [2.45, 2.75) is 13.2 Å². The Balaban J connectivity index is 1.65. The van der Waals surface area contributed by atoms with Crippen LogP contribution in [0.5, 0.6) is 5.75 Å². The number of aromatic nitrogens is 2. The Kier molecular flexibility index (Phi) is 5.03. The third-order valence-corrected chi connectivity index (χ3v) is 3.51. The minimum absolute atomic E-state index is 0.0761. The molecule has 2 aromatic carbocycles. The first-order valence-corrected chi connectivity index (χ1v) is 7.53. The van der Waals surface area contributed by atoms with E-state index in [0.29, 0.717) is 5.69 Å². The maximum Gasteiger partial charge on any atom is 0.387 e. The molecule has 128 valence electrons. The number of benzene rings is 2. The van der Waals surface area contributed by atoms with Gasteiger partial charge in [-0.1, -0.05) is 30.3 Å². The monoisotopic (exact) mass is 343 g/mol. The average Bonchev–Trinajstić information content (AvgIpc) is 3.11. The van der Waals surface area contributed by atoms with Gasteiger partial charge in [-0.2, -0.15) is 8.78 Å². The molecule has 0 aliphatic heterocycles. The van der Waals surface area contributed by atoms with Gasteiger partial charge in [0.15, 0.2) is 0 Å². The second-order valence-corrected chi connectivity index (χ2v) is 5.19. The lowest BCUT2D eigenvalue weighted by Crippen LogP contribution is -2.25. The molecule has 0 saturated carbocycles. The number of amides is 1. The van der Waals surface area contributed by atoms with E-state index in [0.717, 1.165) is 11.3 Å². The molecule has 0 radical (unpaired) electrons. The largest absolute Gasteiger partial charge is 0.435 e. The molecule has 0 saturated heterocycles. The molecule has 0 unspecified atom stereocenters. The molecule has 5 nitrogen and oxygen atoms in total. The smallest absolute Gasteiger partial charge is 0.387 e. The third kappa shape index (κ3) is 4.20. The molecular weight excluding hydrogens is 328 g/mol. The topological polar surface area (TPSA) is 56.1 Å². The third-order valence-electron chi connectivity index (χ3n) is 3.51. The summed E-state index contributed by atoms with van der Waals surface area (Å²) in [7, 11) is 0. The summed E-state index contributed by atoms with van der Waals surface area (Å²) in [5.74, 6) is -0.207. The molecule has 0 aliphatic rings. The van der Waals surface area contributed by atoms with Crippen molar-refractivity contribution >= 4 is 5.91 Å². The van der Waals surface area contributed by atoms with Crippen molar-refractivity contribution < 1.29 is 18.3 Å². The van der Waals surface area contributed by atoms with Crippen molar-refractivity contribution in [2.24, 2.45) is 0 Å². The Labute approximate surface area is 142 Å². The van der Waals surface area contributed by atoms with Crippen molar-refractivity contribution in [3.8, 4) is 11.4 Å². The number of hydrogen-bond donors (Lipinski definition) is 1. The number of carbonyl (C=O) groups excluding carboxylic acids is 1. The molecule has 3 rings (SSSR count). The van der Waals surface area contributed by atoms with Crippen LogP contribution in [0, 0.1) is 0 Å². The normalized spacial score (nSPS) is 10.7. The fraction of sp³-hybridized carbons (Fsp3) is 0.111. The van der Waals surface area contributed by atoms with E-state index >= 15 is 0 Å². The van der Waals surface area contributed by atoms with Gasteiger partial charge in [0, 0.05) is 12.2 Å². The zero-order chi connectivity index (χ0) is 17.6. The van der Waals surface area contributed by atoms with Crippen molar-refractivity contribution in [3.05, 3.63) is 78.4 Å². The van der Waals surface area contributed by atoms with Gasteiger partial charge >= 0.3 is 6.61 Å². The SMILES string of the molecule is O=C(NCc1ccc(OC(F)F)cc1)c1cncn1-c1ccccc1. The van der Waals surface area contributed by atoms with Crippen LogP contribution in [0.3, 0.4) is 0 Å². The number of para-hydroxylation sites is 1. The Bertz CT molecular complexity index is 833. The molecule has 0 aliphatic carbocycles. The van der Waals surface area contributed by atoms with Crippen LogP contribution in [0.4, 0.5) is 8.78 Å². The summed E-state index contributed by atoms with van der Waals surface area (Å²) in [5, 5.41) is 2.78. The van der Waals surface area contributed by atoms with E-state index in [-0.39, 0.29) is 18.2 Å². The molecule has 3 aromatic rings. The number of nitrogens with one attached hydrogen (secondary N) is 1. The summed E-state index contributed by atoms with van der Waals surface area (Å²) in [6.45, 7) is -2.60. The van der Waals surface area contributed by atoms with E-state index < -0.39 is 6.61 Å². The molecule has 0 atom stereocenters. The molecule has 0 spiro atoms. The second kappa shape index (κ2) is 7.57. The number of halogens is 2. The number of ether oxygens (including phenoxy) is 1. The average molecular weight is 343 g/mol. The lowest BCUT2D eigenvalue weighted by atomic mass is 10.2. The molecule has 0 fully saturated rings. The van der Waals surface area contributed by atoms with Crippen LogP contribution in [0.25, 0.3) is 5.69 Å². The van der Waals surface area contributed by atoms with Crippen molar-refractivity contribution in [1.29, 1.82) is 0 Å². The van der Waals surface area contributed by atoms with Crippen LogP contribution in [0.2, 0.25) is 0 Å². The molecule has 1 aromatic heterocycles. The highest BCUT2D eigenvalue weighted by atomic mass is 19.3. The summed E-state index contributed by atoms with van der Waals surface area (Å²) in [6.07, 6.45) is 3.06. The summed E-state index contributed by atoms with van der Waals surface area (Å²) < 4.78 is 30.2. The Hall–Kier alpha value is -3.22. The van der Waals surface area contributed by atoms with Crippen molar-refractivity contribution in [3.63, 3.8) is 0 Å². The van der Waals surface area contributed by atoms with Crippen LogP contribution >= 0.6 is 0 Å². The van der Waals surface area contributed by atoms with Gasteiger partial charge in [0.25, 0.3) is 5.91 Å². The Morgan fingerprint density at radius 2 is 1.84 bits per heavy atom. The van der Waals surface area contributed by atoms with Crippen molar-refractivity contribution in [1.82, 2.24) is 14.9 Å². The number of carbonyl (C=O) groups is 1. The fourth-order valence-corrected chi connectivity index (χ4v) is 2.32. The molecule has 7 heteroatoms. The van der Waals surface area contributed by atoms with Gasteiger partial charge in [0.2, 0.25) is 0 Å². The molecule has 0 bridgehead atoms. The predicted octanol–water partition coefficient (Wildman–Crippen LogP) is 3.40. The first-order valence-electron chi connectivity index (χ1n) is 7.53. The van der Waals surface area contributed by atoms with Crippen LogP contribution in [-0.2, 0) is 6.54 Å². The zero-order valence-electron chi connectivity index (χ0n) is 13.1. The van der Waals surface area contributed by atoms with E-state index in [1.807, 2.05) is 30.3 Å². The molecule has 1 heterocycles.